The molecule has 0 aromatic heterocycles. The molecule has 2 aliphatic carbocycles. The molecule has 5 rings (SSSR count). The van der Waals surface area contributed by atoms with Crippen LogP contribution in [0.25, 0.3) is 11.1 Å². The van der Waals surface area contributed by atoms with E-state index in [-0.39, 0.29) is 11.7 Å². The SMILES string of the molecule is N=C(N)Nc1cccc(COc2ccc3c(c2-c2c(O)c(C=O)cc4c2CCCC4)CCCC3)c1. The van der Waals surface area contributed by atoms with Gasteiger partial charge in [0.05, 0.1) is 5.56 Å². The van der Waals surface area contributed by atoms with Crippen LogP contribution in [0.3, 0.4) is 0 Å². The molecule has 0 unspecified atom stereocenters. The van der Waals surface area contributed by atoms with Crippen molar-refractivity contribution in [3.63, 3.8) is 0 Å². The number of nitrogens with one attached hydrogen (secondary N) is 2. The summed E-state index contributed by atoms with van der Waals surface area (Å²) in [7, 11) is 0. The Morgan fingerprint density at radius 1 is 0.971 bits per heavy atom. The van der Waals surface area contributed by atoms with Gasteiger partial charge in [0.25, 0.3) is 0 Å². The average molecular weight is 470 g/mol. The highest BCUT2D eigenvalue weighted by Crippen LogP contribution is 2.47. The Kier molecular flexibility index (Phi) is 6.45. The number of aryl methyl sites for hydroxylation is 2. The number of phenolic OH excluding ortho intramolecular Hbond substituents is 1. The van der Waals surface area contributed by atoms with Crippen molar-refractivity contribution in [2.24, 2.45) is 5.73 Å². The molecule has 2 aliphatic rings. The van der Waals surface area contributed by atoms with Crippen LogP contribution in [0.4, 0.5) is 5.69 Å². The first-order valence-electron chi connectivity index (χ1n) is 12.4. The highest BCUT2D eigenvalue weighted by atomic mass is 16.5. The Morgan fingerprint density at radius 2 is 1.69 bits per heavy atom. The van der Waals surface area contributed by atoms with Crippen molar-refractivity contribution in [2.75, 3.05) is 5.32 Å². The number of carbonyl (C=O) groups excluding carboxylic acids is 1. The van der Waals surface area contributed by atoms with Crippen LogP contribution in [0, 0.1) is 5.41 Å². The Labute approximate surface area is 205 Å². The number of nitrogens with two attached hydrogens (primary N) is 1. The molecule has 0 aliphatic heterocycles. The van der Waals surface area contributed by atoms with Gasteiger partial charge < -0.3 is 20.9 Å². The number of benzene rings is 3. The fourth-order valence-electron chi connectivity index (χ4n) is 5.53. The van der Waals surface area contributed by atoms with Crippen LogP contribution in [-0.4, -0.2) is 17.4 Å². The molecular weight excluding hydrogens is 438 g/mol. The average Bonchev–Trinajstić information content (AvgIpc) is 2.87. The van der Waals surface area contributed by atoms with Crippen molar-refractivity contribution < 1.29 is 14.6 Å². The van der Waals surface area contributed by atoms with Crippen LogP contribution in [0.15, 0.2) is 42.5 Å². The molecule has 35 heavy (non-hydrogen) atoms. The second-order valence-electron chi connectivity index (χ2n) is 9.46. The summed E-state index contributed by atoms with van der Waals surface area (Å²) in [6, 6.07) is 13.6. The van der Waals surface area contributed by atoms with E-state index in [1.165, 1.54) is 11.1 Å². The van der Waals surface area contributed by atoms with E-state index in [0.29, 0.717) is 12.2 Å². The monoisotopic (exact) mass is 469 g/mol. The van der Waals surface area contributed by atoms with Crippen LogP contribution in [0.1, 0.15) is 63.9 Å². The summed E-state index contributed by atoms with van der Waals surface area (Å²) in [4.78, 5) is 11.9. The quantitative estimate of drug-likeness (QED) is 0.216. The molecule has 3 aromatic carbocycles. The van der Waals surface area contributed by atoms with Crippen molar-refractivity contribution in [1.82, 2.24) is 0 Å². The van der Waals surface area contributed by atoms with Crippen LogP contribution in [-0.2, 0) is 32.3 Å². The van der Waals surface area contributed by atoms with Gasteiger partial charge in [0.15, 0.2) is 12.2 Å². The lowest BCUT2D eigenvalue weighted by Gasteiger charge is -2.27. The number of hydrogen-bond acceptors (Lipinski definition) is 4. The molecule has 0 radical (unpaired) electrons. The van der Waals surface area contributed by atoms with Gasteiger partial charge in [0, 0.05) is 16.8 Å². The summed E-state index contributed by atoms with van der Waals surface area (Å²) < 4.78 is 6.41. The maximum absolute atomic E-state index is 11.9. The van der Waals surface area contributed by atoms with Gasteiger partial charge in [-0.2, -0.15) is 0 Å². The largest absolute Gasteiger partial charge is 0.507 e. The molecule has 0 atom stereocenters. The van der Waals surface area contributed by atoms with Gasteiger partial charge >= 0.3 is 0 Å². The summed E-state index contributed by atoms with van der Waals surface area (Å²) in [5.41, 5.74) is 14.1. The standard InChI is InChI=1S/C29H31N3O3/c30-29(31)32-22-9-5-6-18(14-22)17-35-25-13-12-19-7-1-3-10-23(19)26(25)27-24-11-4-2-8-20(24)15-21(16-33)28(27)34/h5-6,9,12-16,34H,1-4,7-8,10-11,17H2,(H4,30,31,32). The van der Waals surface area contributed by atoms with Crippen molar-refractivity contribution in [3.05, 3.63) is 75.8 Å². The zero-order valence-electron chi connectivity index (χ0n) is 19.8. The number of phenols is 1. The van der Waals surface area contributed by atoms with Crippen molar-refractivity contribution in [1.29, 1.82) is 5.41 Å². The molecule has 5 N–H and O–H groups in total. The minimum atomic E-state index is -0.115. The number of aromatic hydroxyl groups is 1. The number of guanidine groups is 1. The Hall–Kier alpha value is -3.80. The van der Waals surface area contributed by atoms with Gasteiger partial charge in [-0.15, -0.1) is 0 Å². The smallest absolute Gasteiger partial charge is 0.190 e. The predicted molar refractivity (Wildman–Crippen MR) is 139 cm³/mol. The van der Waals surface area contributed by atoms with Gasteiger partial charge in [-0.25, -0.2) is 0 Å². The van der Waals surface area contributed by atoms with E-state index in [1.54, 1.807) is 0 Å². The van der Waals surface area contributed by atoms with Gasteiger partial charge in [0.1, 0.15) is 18.1 Å². The number of carbonyl (C=O) groups is 1. The Morgan fingerprint density at radius 3 is 2.43 bits per heavy atom. The fourth-order valence-corrected chi connectivity index (χ4v) is 5.53. The number of fused-ring (bicyclic) bond motifs is 2. The normalized spacial score (nSPS) is 14.5. The highest BCUT2D eigenvalue weighted by molar-refractivity contribution is 5.91. The van der Waals surface area contributed by atoms with Gasteiger partial charge in [-0.3, -0.25) is 10.2 Å². The van der Waals surface area contributed by atoms with E-state index in [4.69, 9.17) is 15.9 Å². The summed E-state index contributed by atoms with van der Waals surface area (Å²) in [5.74, 6) is 0.675. The Bertz CT molecular complexity index is 1300. The summed E-state index contributed by atoms with van der Waals surface area (Å²) in [5, 5.41) is 21.6. The van der Waals surface area contributed by atoms with Gasteiger partial charge in [-0.1, -0.05) is 18.2 Å². The summed E-state index contributed by atoms with van der Waals surface area (Å²) in [6.45, 7) is 0.329. The Balaban J connectivity index is 1.61. The molecule has 0 fully saturated rings. The molecule has 0 bridgehead atoms. The number of rotatable bonds is 6. The maximum atomic E-state index is 11.9. The molecule has 180 valence electrons. The first kappa shape index (κ1) is 23.0. The topological polar surface area (TPSA) is 108 Å². The van der Waals surface area contributed by atoms with E-state index >= 15 is 0 Å². The summed E-state index contributed by atoms with van der Waals surface area (Å²) >= 11 is 0. The van der Waals surface area contributed by atoms with E-state index < -0.39 is 0 Å². The van der Waals surface area contributed by atoms with Crippen molar-refractivity contribution in [2.45, 2.75) is 58.0 Å². The number of aldehydes is 1. The van der Waals surface area contributed by atoms with Crippen LogP contribution >= 0.6 is 0 Å². The van der Waals surface area contributed by atoms with Crippen molar-refractivity contribution in [3.8, 4) is 22.6 Å². The lowest BCUT2D eigenvalue weighted by Crippen LogP contribution is -2.20. The lowest BCUT2D eigenvalue weighted by molar-refractivity contribution is 0.112. The molecule has 6 nitrogen and oxygen atoms in total. The molecule has 0 heterocycles. The number of hydrogen-bond donors (Lipinski definition) is 4. The molecule has 0 saturated carbocycles. The zero-order chi connectivity index (χ0) is 24.4. The minimum absolute atomic E-state index is 0.0668. The second kappa shape index (κ2) is 9.82. The van der Waals surface area contributed by atoms with E-state index in [1.807, 2.05) is 36.4 Å². The third-order valence-corrected chi connectivity index (χ3v) is 7.12. The number of ether oxygens (including phenoxy) is 1. The van der Waals surface area contributed by atoms with E-state index in [2.05, 4.69) is 11.4 Å². The van der Waals surface area contributed by atoms with Crippen LogP contribution in [0.5, 0.6) is 11.5 Å². The summed E-state index contributed by atoms with van der Waals surface area (Å²) in [6.07, 6.45) is 8.93. The first-order valence-corrected chi connectivity index (χ1v) is 12.4. The highest BCUT2D eigenvalue weighted by Gasteiger charge is 2.27. The van der Waals surface area contributed by atoms with E-state index in [9.17, 15) is 9.90 Å². The van der Waals surface area contributed by atoms with Gasteiger partial charge in [-0.05, 0) is 103 Å². The van der Waals surface area contributed by atoms with Crippen molar-refractivity contribution >= 4 is 17.9 Å². The zero-order valence-corrected chi connectivity index (χ0v) is 19.8. The predicted octanol–water partition coefficient (Wildman–Crippen LogP) is 5.51. The van der Waals surface area contributed by atoms with E-state index in [0.717, 1.165) is 96.9 Å². The molecule has 0 saturated heterocycles. The molecule has 6 heteroatoms. The molecule has 0 spiro atoms. The lowest BCUT2D eigenvalue weighted by atomic mass is 9.79. The third-order valence-electron chi connectivity index (χ3n) is 7.12. The first-order chi connectivity index (χ1) is 17.0. The fraction of sp³-hybridized carbons (Fsp3) is 0.310. The van der Waals surface area contributed by atoms with Gasteiger partial charge in [0.2, 0.25) is 0 Å². The number of anilines is 1. The minimum Gasteiger partial charge on any atom is -0.507 e. The molecule has 3 aromatic rings. The van der Waals surface area contributed by atoms with Crippen LogP contribution < -0.4 is 15.8 Å². The third kappa shape index (κ3) is 4.61. The molecule has 0 amide bonds. The van der Waals surface area contributed by atoms with Crippen LogP contribution in [0.2, 0.25) is 0 Å². The maximum Gasteiger partial charge on any atom is 0.190 e. The molecular formula is C29H31N3O3. The second-order valence-corrected chi connectivity index (χ2v) is 9.46.